The second kappa shape index (κ2) is 5.31. The van der Waals surface area contributed by atoms with E-state index in [-0.39, 0.29) is 28.9 Å². The van der Waals surface area contributed by atoms with E-state index in [0.29, 0.717) is 0 Å². The smallest absolute Gasteiger partial charge is 0.338 e. The van der Waals surface area contributed by atoms with Crippen LogP contribution in [0.15, 0.2) is 12.1 Å². The maximum absolute atomic E-state index is 11.6. The highest BCUT2D eigenvalue weighted by Gasteiger charge is 2.20. The summed E-state index contributed by atoms with van der Waals surface area (Å²) in [6.07, 6.45) is 0. The van der Waals surface area contributed by atoms with Crippen molar-refractivity contribution in [2.45, 2.75) is 13.8 Å². The molecule has 0 fully saturated rings. The molecule has 0 saturated heterocycles. The van der Waals surface area contributed by atoms with Crippen LogP contribution in [-0.2, 0) is 4.74 Å². The van der Waals surface area contributed by atoms with Crippen molar-refractivity contribution in [3.63, 3.8) is 0 Å². The van der Waals surface area contributed by atoms with Gasteiger partial charge in [0.15, 0.2) is 0 Å². The first-order valence-electron chi connectivity index (χ1n) is 5.16. The van der Waals surface area contributed by atoms with Gasteiger partial charge in [0.05, 0.1) is 23.3 Å². The number of carboxylic acid groups (broad SMARTS) is 2. The van der Waals surface area contributed by atoms with Crippen molar-refractivity contribution < 1.29 is 29.3 Å². The zero-order valence-corrected chi connectivity index (χ0v) is 9.89. The average molecular weight is 252 g/mol. The molecule has 0 aliphatic heterocycles. The lowest BCUT2D eigenvalue weighted by Gasteiger charge is -2.09. The van der Waals surface area contributed by atoms with Gasteiger partial charge in [-0.25, -0.2) is 14.4 Å². The van der Waals surface area contributed by atoms with Crippen molar-refractivity contribution in [3.8, 4) is 0 Å². The van der Waals surface area contributed by atoms with Gasteiger partial charge in [-0.05, 0) is 31.5 Å². The Hall–Kier alpha value is -2.37. The Kier molecular flexibility index (Phi) is 4.04. The Bertz CT molecular complexity index is 518. The number of hydrogen-bond acceptors (Lipinski definition) is 4. The number of hydrogen-bond donors (Lipinski definition) is 2. The summed E-state index contributed by atoms with van der Waals surface area (Å²) in [5, 5.41) is 17.8. The lowest BCUT2D eigenvalue weighted by Crippen LogP contribution is -2.13. The minimum Gasteiger partial charge on any atom is -0.478 e. The van der Waals surface area contributed by atoms with Gasteiger partial charge in [-0.3, -0.25) is 0 Å². The summed E-state index contributed by atoms with van der Waals surface area (Å²) in [5.41, 5.74) is -0.348. The number of benzene rings is 1. The SMILES string of the molecule is CCOC(=O)c1cc(C(=O)O)cc(C(=O)O)c1C. The zero-order valence-electron chi connectivity index (χ0n) is 9.89. The van der Waals surface area contributed by atoms with E-state index in [0.717, 1.165) is 12.1 Å². The van der Waals surface area contributed by atoms with E-state index in [9.17, 15) is 14.4 Å². The Morgan fingerprint density at radius 1 is 1.11 bits per heavy atom. The molecule has 0 radical (unpaired) electrons. The van der Waals surface area contributed by atoms with Gasteiger partial charge in [-0.15, -0.1) is 0 Å². The molecule has 1 rings (SSSR count). The fourth-order valence-electron chi connectivity index (χ4n) is 1.48. The Balaban J connectivity index is 3.45. The van der Waals surface area contributed by atoms with Gasteiger partial charge in [0.1, 0.15) is 0 Å². The third-order valence-electron chi connectivity index (χ3n) is 2.38. The van der Waals surface area contributed by atoms with Crippen LogP contribution in [0.2, 0.25) is 0 Å². The van der Waals surface area contributed by atoms with Crippen LogP contribution < -0.4 is 0 Å². The molecule has 0 unspecified atom stereocenters. The maximum atomic E-state index is 11.6. The third kappa shape index (κ3) is 2.65. The highest BCUT2D eigenvalue weighted by atomic mass is 16.5. The standard InChI is InChI=1S/C12H12O6/c1-3-18-12(17)9-5-7(10(13)14)4-8(6(9)2)11(15)16/h4-5H,3H2,1-2H3,(H,13,14)(H,15,16). The number of carboxylic acids is 2. The van der Waals surface area contributed by atoms with Crippen molar-refractivity contribution in [3.05, 3.63) is 34.4 Å². The third-order valence-corrected chi connectivity index (χ3v) is 2.38. The fourth-order valence-corrected chi connectivity index (χ4v) is 1.48. The van der Waals surface area contributed by atoms with Crippen LogP contribution in [0.1, 0.15) is 43.6 Å². The van der Waals surface area contributed by atoms with E-state index < -0.39 is 17.9 Å². The molecule has 0 saturated carbocycles. The van der Waals surface area contributed by atoms with Gasteiger partial charge in [-0.1, -0.05) is 0 Å². The van der Waals surface area contributed by atoms with Crippen molar-refractivity contribution in [1.82, 2.24) is 0 Å². The van der Waals surface area contributed by atoms with Crippen molar-refractivity contribution in [2.75, 3.05) is 6.61 Å². The summed E-state index contributed by atoms with van der Waals surface area (Å²) < 4.78 is 4.75. The van der Waals surface area contributed by atoms with Crippen molar-refractivity contribution in [2.24, 2.45) is 0 Å². The number of esters is 1. The van der Waals surface area contributed by atoms with Crippen LogP contribution in [-0.4, -0.2) is 34.7 Å². The van der Waals surface area contributed by atoms with Gasteiger partial charge in [0, 0.05) is 0 Å². The molecule has 0 aliphatic carbocycles. The Morgan fingerprint density at radius 2 is 1.67 bits per heavy atom. The number of aromatic carboxylic acids is 2. The molecule has 0 spiro atoms. The van der Waals surface area contributed by atoms with Crippen LogP contribution in [0.3, 0.4) is 0 Å². The van der Waals surface area contributed by atoms with Gasteiger partial charge in [0.2, 0.25) is 0 Å². The molecule has 0 aromatic heterocycles. The summed E-state index contributed by atoms with van der Waals surface area (Å²) in [5.74, 6) is -3.33. The highest BCUT2D eigenvalue weighted by Crippen LogP contribution is 2.18. The molecule has 2 N–H and O–H groups in total. The second-order valence-corrected chi connectivity index (χ2v) is 3.53. The molecule has 6 heteroatoms. The summed E-state index contributed by atoms with van der Waals surface area (Å²) >= 11 is 0. The molecule has 0 aliphatic rings. The van der Waals surface area contributed by atoms with E-state index in [1.165, 1.54) is 6.92 Å². The lowest BCUT2D eigenvalue weighted by molar-refractivity contribution is 0.0525. The lowest BCUT2D eigenvalue weighted by atomic mass is 9.98. The first kappa shape index (κ1) is 13.7. The second-order valence-electron chi connectivity index (χ2n) is 3.53. The Labute approximate surface area is 103 Å². The summed E-state index contributed by atoms with van der Waals surface area (Å²) in [4.78, 5) is 33.5. The van der Waals surface area contributed by atoms with Gasteiger partial charge in [0.25, 0.3) is 0 Å². The molecule has 6 nitrogen and oxygen atoms in total. The largest absolute Gasteiger partial charge is 0.478 e. The minimum atomic E-state index is -1.30. The van der Waals surface area contributed by atoms with E-state index in [4.69, 9.17) is 14.9 Å². The van der Waals surface area contributed by atoms with E-state index in [2.05, 4.69) is 0 Å². The summed E-state index contributed by atoms with van der Waals surface area (Å²) in [6.45, 7) is 3.16. The van der Waals surface area contributed by atoms with Gasteiger partial charge < -0.3 is 14.9 Å². The number of carbonyl (C=O) groups excluding carboxylic acids is 1. The van der Waals surface area contributed by atoms with Crippen LogP contribution in [0.25, 0.3) is 0 Å². The molecular weight excluding hydrogens is 240 g/mol. The first-order valence-corrected chi connectivity index (χ1v) is 5.16. The first-order chi connectivity index (χ1) is 8.38. The Morgan fingerprint density at radius 3 is 2.11 bits per heavy atom. The predicted octanol–water partition coefficient (Wildman–Crippen LogP) is 1.57. The van der Waals surface area contributed by atoms with Crippen molar-refractivity contribution in [1.29, 1.82) is 0 Å². The van der Waals surface area contributed by atoms with Crippen molar-refractivity contribution >= 4 is 17.9 Å². The predicted molar refractivity (Wildman–Crippen MR) is 61.1 cm³/mol. The molecule has 0 bridgehead atoms. The van der Waals surface area contributed by atoms with E-state index in [1.54, 1.807) is 6.92 Å². The van der Waals surface area contributed by atoms with Crippen LogP contribution in [0.5, 0.6) is 0 Å². The molecule has 1 aromatic carbocycles. The molecular formula is C12H12O6. The minimum absolute atomic E-state index is 0.0471. The maximum Gasteiger partial charge on any atom is 0.338 e. The monoisotopic (exact) mass is 252 g/mol. The molecule has 0 heterocycles. The number of carbonyl (C=O) groups is 3. The molecule has 0 amide bonds. The molecule has 18 heavy (non-hydrogen) atoms. The molecule has 1 aromatic rings. The van der Waals surface area contributed by atoms with Crippen LogP contribution in [0, 0.1) is 6.92 Å². The number of rotatable bonds is 4. The molecule has 0 atom stereocenters. The highest BCUT2D eigenvalue weighted by molar-refractivity contribution is 6.01. The zero-order chi connectivity index (χ0) is 13.9. The summed E-state index contributed by atoms with van der Waals surface area (Å²) in [6, 6.07) is 2.13. The topological polar surface area (TPSA) is 101 Å². The quantitative estimate of drug-likeness (QED) is 0.789. The van der Waals surface area contributed by atoms with Crippen LogP contribution in [0.4, 0.5) is 0 Å². The average Bonchev–Trinajstić information content (AvgIpc) is 2.28. The normalized spacial score (nSPS) is 9.89. The summed E-state index contributed by atoms with van der Waals surface area (Å²) in [7, 11) is 0. The van der Waals surface area contributed by atoms with E-state index in [1.807, 2.05) is 0 Å². The van der Waals surface area contributed by atoms with Crippen LogP contribution >= 0.6 is 0 Å². The number of ether oxygens (including phenoxy) is 1. The van der Waals surface area contributed by atoms with E-state index >= 15 is 0 Å². The van der Waals surface area contributed by atoms with Gasteiger partial charge >= 0.3 is 17.9 Å². The molecule has 96 valence electrons. The van der Waals surface area contributed by atoms with Gasteiger partial charge in [-0.2, -0.15) is 0 Å². The fraction of sp³-hybridized carbons (Fsp3) is 0.250.